The smallest absolute Gasteiger partial charge is 0.390 e. The molecule has 0 aliphatic carbocycles. The van der Waals surface area contributed by atoms with Gasteiger partial charge in [-0.05, 0) is 0 Å². The van der Waals surface area contributed by atoms with E-state index in [2.05, 4.69) is 19.5 Å². The van der Waals surface area contributed by atoms with Gasteiger partial charge in [-0.25, -0.2) is 23.9 Å². The first-order chi connectivity index (χ1) is 13.3. The van der Waals surface area contributed by atoms with Gasteiger partial charge in [0.15, 0.2) is 16.8 Å². The van der Waals surface area contributed by atoms with Gasteiger partial charge in [0.1, 0.15) is 18.7 Å². The number of phosphoric ester groups is 1. The fraction of sp³-hybridized carbons (Fsp3) is 0.429. The van der Waals surface area contributed by atoms with E-state index in [1.165, 1.54) is 23.1 Å². The molecule has 1 saturated heterocycles. The van der Waals surface area contributed by atoms with Crippen LogP contribution in [0.25, 0.3) is 16.8 Å². The lowest BCUT2D eigenvalue weighted by Crippen LogP contribution is -2.25. The Morgan fingerprint density at radius 2 is 2.11 bits per heavy atom. The number of aliphatic hydroxyl groups is 1. The van der Waals surface area contributed by atoms with Crippen LogP contribution in [-0.2, 0) is 19.7 Å². The standard InChI is InChI=1S/C14H15ClN5O7P/c15-3-7-1-10(22)19-6-17-13-12(14(19)18-7)16-5-20(13)11-2-8(21)9(27-11)4-26-28(23,24)25/h1,5-6,8-9,11,21H,2-4H2,(H2,23,24,25)/t8-,9+,11+/m0/s1. The first-order valence-corrected chi connectivity index (χ1v) is 10.2. The summed E-state index contributed by atoms with van der Waals surface area (Å²) in [5.74, 6) is 0.0649. The largest absolute Gasteiger partial charge is 0.469 e. The fourth-order valence-electron chi connectivity index (χ4n) is 3.06. The molecule has 4 rings (SSSR count). The molecular weight excluding hydrogens is 417 g/mol. The predicted molar refractivity (Wildman–Crippen MR) is 94.6 cm³/mol. The number of rotatable bonds is 5. The van der Waals surface area contributed by atoms with Crippen molar-refractivity contribution in [3.05, 3.63) is 34.8 Å². The highest BCUT2D eigenvalue weighted by atomic mass is 35.5. The Morgan fingerprint density at radius 1 is 1.32 bits per heavy atom. The lowest BCUT2D eigenvalue weighted by molar-refractivity contribution is -0.0424. The number of hydrogen-bond donors (Lipinski definition) is 3. The summed E-state index contributed by atoms with van der Waals surface area (Å²) in [7, 11) is -4.68. The maximum absolute atomic E-state index is 12.2. The summed E-state index contributed by atoms with van der Waals surface area (Å²) < 4.78 is 23.7. The zero-order valence-electron chi connectivity index (χ0n) is 14.1. The molecule has 0 aromatic carbocycles. The molecule has 0 unspecified atom stereocenters. The molecule has 12 nitrogen and oxygen atoms in total. The third-order valence-corrected chi connectivity index (χ3v) is 5.10. The minimum absolute atomic E-state index is 0.0649. The molecule has 0 radical (unpaired) electrons. The second-order valence-corrected chi connectivity index (χ2v) is 7.71. The Labute approximate surface area is 161 Å². The van der Waals surface area contributed by atoms with Crippen LogP contribution >= 0.6 is 19.4 Å². The summed E-state index contributed by atoms with van der Waals surface area (Å²) in [4.78, 5) is 42.6. The van der Waals surface area contributed by atoms with Crippen molar-refractivity contribution in [3.8, 4) is 0 Å². The summed E-state index contributed by atoms with van der Waals surface area (Å²) in [6.07, 6.45) is 0.250. The van der Waals surface area contributed by atoms with Crippen molar-refractivity contribution in [1.29, 1.82) is 0 Å². The van der Waals surface area contributed by atoms with Gasteiger partial charge in [-0.2, -0.15) is 0 Å². The number of alkyl halides is 1. The second-order valence-electron chi connectivity index (χ2n) is 6.20. The number of ether oxygens (including phenoxy) is 1. The summed E-state index contributed by atoms with van der Waals surface area (Å²) in [5.41, 5.74) is 1.06. The Balaban J connectivity index is 1.69. The molecule has 3 atom stereocenters. The van der Waals surface area contributed by atoms with Crippen LogP contribution in [0.15, 0.2) is 23.5 Å². The molecule has 1 aliphatic heterocycles. The zero-order valence-corrected chi connectivity index (χ0v) is 15.8. The molecule has 1 aliphatic rings. The van der Waals surface area contributed by atoms with E-state index >= 15 is 0 Å². The summed E-state index contributed by atoms with van der Waals surface area (Å²) in [5, 5.41) is 10.1. The van der Waals surface area contributed by atoms with Crippen LogP contribution in [0.3, 0.4) is 0 Å². The molecule has 0 spiro atoms. The van der Waals surface area contributed by atoms with E-state index in [1.807, 2.05) is 0 Å². The Morgan fingerprint density at radius 3 is 2.82 bits per heavy atom. The van der Waals surface area contributed by atoms with E-state index in [-0.39, 0.29) is 23.5 Å². The highest BCUT2D eigenvalue weighted by molar-refractivity contribution is 7.46. The average molecular weight is 432 g/mol. The van der Waals surface area contributed by atoms with Crippen molar-refractivity contribution in [2.24, 2.45) is 0 Å². The van der Waals surface area contributed by atoms with Crippen LogP contribution < -0.4 is 5.56 Å². The molecule has 3 aromatic heterocycles. The van der Waals surface area contributed by atoms with E-state index in [9.17, 15) is 14.5 Å². The molecule has 150 valence electrons. The quantitative estimate of drug-likeness (QED) is 0.368. The van der Waals surface area contributed by atoms with Gasteiger partial charge >= 0.3 is 7.82 Å². The number of nitrogens with zero attached hydrogens (tertiary/aromatic N) is 5. The van der Waals surface area contributed by atoms with Crippen molar-refractivity contribution < 1.29 is 28.7 Å². The Kier molecular flexibility index (Phi) is 4.96. The first-order valence-electron chi connectivity index (χ1n) is 8.10. The molecule has 3 aromatic rings. The van der Waals surface area contributed by atoms with E-state index in [1.54, 1.807) is 4.57 Å². The van der Waals surface area contributed by atoms with Gasteiger partial charge in [0.25, 0.3) is 5.56 Å². The second kappa shape index (κ2) is 7.16. The molecule has 1 fully saturated rings. The third-order valence-electron chi connectivity index (χ3n) is 4.34. The van der Waals surface area contributed by atoms with Crippen LogP contribution in [0.1, 0.15) is 18.3 Å². The van der Waals surface area contributed by atoms with E-state index in [0.29, 0.717) is 16.9 Å². The fourth-order valence-corrected chi connectivity index (χ4v) is 3.53. The number of phosphoric acid groups is 1. The van der Waals surface area contributed by atoms with Crippen molar-refractivity contribution in [3.63, 3.8) is 0 Å². The van der Waals surface area contributed by atoms with Crippen LogP contribution in [-0.4, -0.2) is 57.6 Å². The topological polar surface area (TPSA) is 161 Å². The minimum Gasteiger partial charge on any atom is -0.390 e. The van der Waals surface area contributed by atoms with Gasteiger partial charge in [0.05, 0.1) is 30.6 Å². The molecule has 0 bridgehead atoms. The van der Waals surface area contributed by atoms with Gasteiger partial charge in [0.2, 0.25) is 0 Å². The monoisotopic (exact) mass is 431 g/mol. The van der Waals surface area contributed by atoms with E-state index in [4.69, 9.17) is 26.1 Å². The van der Waals surface area contributed by atoms with Crippen molar-refractivity contribution in [2.45, 2.75) is 30.7 Å². The van der Waals surface area contributed by atoms with Crippen LogP contribution in [0, 0.1) is 0 Å². The van der Waals surface area contributed by atoms with E-state index < -0.39 is 32.9 Å². The molecule has 0 saturated carbocycles. The number of hydrogen-bond acceptors (Lipinski definition) is 8. The zero-order chi connectivity index (χ0) is 20.1. The number of aromatic nitrogens is 5. The maximum atomic E-state index is 12.2. The maximum Gasteiger partial charge on any atom is 0.469 e. The first kappa shape index (κ1) is 19.4. The average Bonchev–Trinajstić information content (AvgIpc) is 3.22. The SMILES string of the molecule is O=c1cc(CCl)nc2c3ncn([C@H]4C[C@H](O)[C@@H](COP(=O)(O)O)O4)c3ncn12. The molecule has 14 heteroatoms. The summed E-state index contributed by atoms with van der Waals surface area (Å²) in [6, 6.07) is 1.31. The Bertz CT molecular complexity index is 1140. The van der Waals surface area contributed by atoms with Gasteiger partial charge in [0, 0.05) is 12.5 Å². The highest BCUT2D eigenvalue weighted by Gasteiger charge is 2.37. The van der Waals surface area contributed by atoms with Gasteiger partial charge in [-0.15, -0.1) is 11.6 Å². The Hall–Kier alpha value is -1.92. The number of aliphatic hydroxyl groups excluding tert-OH is 1. The van der Waals surface area contributed by atoms with Gasteiger partial charge in [-0.3, -0.25) is 13.9 Å². The summed E-state index contributed by atoms with van der Waals surface area (Å²) >= 11 is 5.79. The normalized spacial score (nSPS) is 23.1. The van der Waals surface area contributed by atoms with E-state index in [0.717, 1.165) is 0 Å². The minimum atomic E-state index is -4.68. The number of imidazole rings is 1. The van der Waals surface area contributed by atoms with Crippen LogP contribution in [0.2, 0.25) is 0 Å². The highest BCUT2D eigenvalue weighted by Crippen LogP contribution is 2.38. The predicted octanol–water partition coefficient (Wildman–Crippen LogP) is -0.0643. The summed E-state index contributed by atoms with van der Waals surface area (Å²) in [6.45, 7) is -0.471. The van der Waals surface area contributed by atoms with Crippen molar-refractivity contribution in [2.75, 3.05) is 6.61 Å². The van der Waals surface area contributed by atoms with Gasteiger partial charge in [-0.1, -0.05) is 0 Å². The van der Waals surface area contributed by atoms with Gasteiger partial charge < -0.3 is 19.6 Å². The van der Waals surface area contributed by atoms with Crippen molar-refractivity contribution >= 4 is 36.2 Å². The molecular formula is C14H15ClN5O7P. The molecule has 28 heavy (non-hydrogen) atoms. The lowest BCUT2D eigenvalue weighted by Gasteiger charge is -2.16. The molecule has 4 heterocycles. The molecule has 0 amide bonds. The third kappa shape index (κ3) is 3.55. The number of halogens is 1. The van der Waals surface area contributed by atoms with Crippen molar-refractivity contribution in [1.82, 2.24) is 23.9 Å². The molecule has 3 N–H and O–H groups in total. The van der Waals surface area contributed by atoms with Crippen LogP contribution in [0.5, 0.6) is 0 Å². The number of fused-ring (bicyclic) bond motifs is 3. The lowest BCUT2D eigenvalue weighted by atomic mass is 10.2. The van der Waals surface area contributed by atoms with Crippen LogP contribution in [0.4, 0.5) is 0 Å².